The van der Waals surface area contributed by atoms with Crippen molar-refractivity contribution in [2.75, 3.05) is 19.0 Å². The molecule has 0 aliphatic carbocycles. The Labute approximate surface area is 108 Å². The molecule has 1 amide bonds. The van der Waals surface area contributed by atoms with E-state index < -0.39 is 0 Å². The lowest BCUT2D eigenvalue weighted by atomic mass is 10.1. The Morgan fingerprint density at radius 2 is 2.06 bits per heavy atom. The zero-order valence-corrected chi connectivity index (χ0v) is 11.0. The minimum absolute atomic E-state index is 0.00573. The molecule has 0 aliphatic rings. The summed E-state index contributed by atoms with van der Waals surface area (Å²) in [5, 5.41) is 11.6. The smallest absolute Gasteiger partial charge is 0.224 e. The number of benzene rings is 1. The third-order valence-corrected chi connectivity index (χ3v) is 2.82. The Hall–Kier alpha value is -1.39. The summed E-state index contributed by atoms with van der Waals surface area (Å²) in [7, 11) is 1.64. The van der Waals surface area contributed by atoms with Crippen LogP contribution in [0.3, 0.4) is 0 Å². The molecule has 0 aromatic heterocycles. The molecular weight excluding hydrogens is 230 g/mol. The van der Waals surface area contributed by atoms with E-state index in [4.69, 9.17) is 9.84 Å². The molecular formula is C14H21NO3. The summed E-state index contributed by atoms with van der Waals surface area (Å²) in [4.78, 5) is 11.6. The van der Waals surface area contributed by atoms with Crippen molar-refractivity contribution in [3.8, 4) is 0 Å². The van der Waals surface area contributed by atoms with Gasteiger partial charge in [-0.2, -0.15) is 0 Å². The van der Waals surface area contributed by atoms with Gasteiger partial charge in [0.2, 0.25) is 5.91 Å². The van der Waals surface area contributed by atoms with Crippen LogP contribution in [0.1, 0.15) is 25.3 Å². The van der Waals surface area contributed by atoms with Crippen molar-refractivity contribution in [1.82, 2.24) is 0 Å². The van der Waals surface area contributed by atoms with Crippen LogP contribution < -0.4 is 5.32 Å². The molecule has 1 rings (SSSR count). The number of nitrogens with one attached hydrogen (secondary N) is 1. The highest BCUT2D eigenvalue weighted by molar-refractivity contribution is 5.90. The van der Waals surface area contributed by atoms with Crippen molar-refractivity contribution in [2.45, 2.75) is 32.3 Å². The van der Waals surface area contributed by atoms with Gasteiger partial charge < -0.3 is 15.2 Å². The fourth-order valence-electron chi connectivity index (χ4n) is 1.56. The maximum absolute atomic E-state index is 11.6. The van der Waals surface area contributed by atoms with Crippen LogP contribution >= 0.6 is 0 Å². The molecule has 4 heteroatoms. The molecule has 18 heavy (non-hydrogen) atoms. The van der Waals surface area contributed by atoms with Crippen LogP contribution in [-0.4, -0.2) is 30.8 Å². The van der Waals surface area contributed by atoms with Crippen molar-refractivity contribution in [1.29, 1.82) is 0 Å². The van der Waals surface area contributed by atoms with Gasteiger partial charge in [0.25, 0.3) is 0 Å². The first kappa shape index (κ1) is 14.7. The summed E-state index contributed by atoms with van der Waals surface area (Å²) >= 11 is 0. The fourth-order valence-corrected chi connectivity index (χ4v) is 1.56. The number of hydrogen-bond acceptors (Lipinski definition) is 3. The van der Waals surface area contributed by atoms with Gasteiger partial charge >= 0.3 is 0 Å². The van der Waals surface area contributed by atoms with E-state index in [0.717, 1.165) is 11.3 Å². The number of aliphatic hydroxyl groups is 1. The molecule has 4 nitrogen and oxygen atoms in total. The minimum atomic E-state index is -0.00573. The van der Waals surface area contributed by atoms with Gasteiger partial charge in [0, 0.05) is 25.8 Å². The van der Waals surface area contributed by atoms with E-state index in [9.17, 15) is 4.79 Å². The summed E-state index contributed by atoms with van der Waals surface area (Å²) in [5.74, 6) is -0.00573. The summed E-state index contributed by atoms with van der Waals surface area (Å²) in [5.41, 5.74) is 1.84. The molecule has 2 N–H and O–H groups in total. The minimum Gasteiger partial charge on any atom is -0.396 e. The lowest BCUT2D eigenvalue weighted by molar-refractivity contribution is -0.116. The van der Waals surface area contributed by atoms with E-state index >= 15 is 0 Å². The van der Waals surface area contributed by atoms with Gasteiger partial charge in [-0.1, -0.05) is 12.1 Å². The van der Waals surface area contributed by atoms with Gasteiger partial charge in [0.15, 0.2) is 0 Å². The van der Waals surface area contributed by atoms with Crippen LogP contribution in [0.2, 0.25) is 0 Å². The van der Waals surface area contributed by atoms with Gasteiger partial charge in [-0.05, 0) is 37.5 Å². The number of hydrogen-bond donors (Lipinski definition) is 2. The number of amides is 1. The van der Waals surface area contributed by atoms with E-state index in [2.05, 4.69) is 5.32 Å². The first-order chi connectivity index (χ1) is 8.65. The van der Waals surface area contributed by atoms with Gasteiger partial charge in [0.05, 0.1) is 6.10 Å². The number of methoxy groups -OCH3 is 1. The normalized spacial score (nSPS) is 12.2. The maximum Gasteiger partial charge on any atom is 0.224 e. The van der Waals surface area contributed by atoms with Crippen molar-refractivity contribution >= 4 is 11.6 Å². The Kier molecular flexibility index (Phi) is 6.39. The van der Waals surface area contributed by atoms with Crippen LogP contribution in [0.4, 0.5) is 5.69 Å². The average molecular weight is 251 g/mol. The van der Waals surface area contributed by atoms with Crippen LogP contribution in [0.25, 0.3) is 0 Å². The SMILES string of the molecule is COC(C)CCC(=O)Nc1ccc(CCO)cc1. The molecule has 0 aliphatic heterocycles. The summed E-state index contributed by atoms with van der Waals surface area (Å²) in [6, 6.07) is 7.51. The Balaban J connectivity index is 2.39. The second-order valence-electron chi connectivity index (χ2n) is 4.30. The first-order valence-electron chi connectivity index (χ1n) is 6.18. The number of anilines is 1. The summed E-state index contributed by atoms with van der Waals surface area (Å²) in [6.07, 6.45) is 1.90. The fraction of sp³-hybridized carbons (Fsp3) is 0.500. The first-order valence-corrected chi connectivity index (χ1v) is 6.18. The zero-order valence-electron chi connectivity index (χ0n) is 11.0. The Morgan fingerprint density at radius 3 is 2.61 bits per heavy atom. The molecule has 0 spiro atoms. The molecule has 0 radical (unpaired) electrons. The number of carbonyl (C=O) groups excluding carboxylic acids is 1. The molecule has 1 unspecified atom stereocenters. The van der Waals surface area contributed by atoms with E-state index in [1.165, 1.54) is 0 Å². The van der Waals surface area contributed by atoms with Crippen LogP contribution in [-0.2, 0) is 16.0 Å². The lowest BCUT2D eigenvalue weighted by Crippen LogP contribution is -2.15. The quantitative estimate of drug-likeness (QED) is 0.779. The molecule has 100 valence electrons. The van der Waals surface area contributed by atoms with Crippen molar-refractivity contribution in [2.24, 2.45) is 0 Å². The van der Waals surface area contributed by atoms with Crippen LogP contribution in [0.5, 0.6) is 0 Å². The lowest BCUT2D eigenvalue weighted by Gasteiger charge is -2.09. The van der Waals surface area contributed by atoms with Crippen molar-refractivity contribution in [3.05, 3.63) is 29.8 Å². The van der Waals surface area contributed by atoms with E-state index in [1.807, 2.05) is 31.2 Å². The zero-order chi connectivity index (χ0) is 13.4. The van der Waals surface area contributed by atoms with E-state index in [0.29, 0.717) is 19.3 Å². The predicted molar refractivity (Wildman–Crippen MR) is 71.6 cm³/mol. The van der Waals surface area contributed by atoms with Crippen LogP contribution in [0.15, 0.2) is 24.3 Å². The highest BCUT2D eigenvalue weighted by atomic mass is 16.5. The summed E-state index contributed by atoms with van der Waals surface area (Å²) < 4.78 is 5.09. The standard InChI is InChI=1S/C14H21NO3/c1-11(18-2)3-8-14(17)15-13-6-4-12(5-7-13)9-10-16/h4-7,11,16H,3,8-10H2,1-2H3,(H,15,17). The van der Waals surface area contributed by atoms with Crippen molar-refractivity contribution < 1.29 is 14.6 Å². The molecule has 0 saturated carbocycles. The topological polar surface area (TPSA) is 58.6 Å². The number of ether oxygens (including phenoxy) is 1. The summed E-state index contributed by atoms with van der Waals surface area (Å²) in [6.45, 7) is 2.08. The molecule has 1 atom stereocenters. The van der Waals surface area contributed by atoms with Crippen LogP contribution in [0, 0.1) is 0 Å². The molecule has 1 aromatic carbocycles. The van der Waals surface area contributed by atoms with Crippen molar-refractivity contribution in [3.63, 3.8) is 0 Å². The third kappa shape index (κ3) is 5.29. The van der Waals surface area contributed by atoms with Gasteiger partial charge in [0.1, 0.15) is 0 Å². The van der Waals surface area contributed by atoms with E-state index in [-0.39, 0.29) is 18.6 Å². The second kappa shape index (κ2) is 7.84. The maximum atomic E-state index is 11.6. The molecule has 0 heterocycles. The predicted octanol–water partition coefficient (Wildman–Crippen LogP) is 1.98. The highest BCUT2D eigenvalue weighted by Gasteiger charge is 2.06. The van der Waals surface area contributed by atoms with E-state index in [1.54, 1.807) is 7.11 Å². The molecule has 1 aromatic rings. The molecule has 0 saturated heterocycles. The number of rotatable bonds is 7. The van der Waals surface area contributed by atoms with Gasteiger partial charge in [-0.3, -0.25) is 4.79 Å². The Bertz CT molecular complexity index is 362. The number of carbonyl (C=O) groups is 1. The average Bonchev–Trinajstić information content (AvgIpc) is 2.38. The highest BCUT2D eigenvalue weighted by Crippen LogP contribution is 2.11. The third-order valence-electron chi connectivity index (χ3n) is 2.82. The second-order valence-corrected chi connectivity index (χ2v) is 4.30. The molecule has 0 fully saturated rings. The molecule has 0 bridgehead atoms. The number of aliphatic hydroxyl groups excluding tert-OH is 1. The van der Waals surface area contributed by atoms with Gasteiger partial charge in [-0.25, -0.2) is 0 Å². The monoisotopic (exact) mass is 251 g/mol. The largest absolute Gasteiger partial charge is 0.396 e. The van der Waals surface area contributed by atoms with Gasteiger partial charge in [-0.15, -0.1) is 0 Å². The Morgan fingerprint density at radius 1 is 1.39 bits per heavy atom.